The molecule has 0 spiro atoms. The molecule has 0 saturated heterocycles. The van der Waals surface area contributed by atoms with Crippen LogP contribution in [-0.2, 0) is 0 Å². The van der Waals surface area contributed by atoms with Gasteiger partial charge in [0.15, 0.2) is 0 Å². The highest BCUT2D eigenvalue weighted by atomic mass is 14.9. The molecule has 0 radical (unpaired) electrons. The quantitative estimate of drug-likeness (QED) is 0.747. The summed E-state index contributed by atoms with van der Waals surface area (Å²) < 4.78 is 0. The Balaban J connectivity index is 2.69. The van der Waals surface area contributed by atoms with Crippen molar-refractivity contribution in [1.82, 2.24) is 4.98 Å². The predicted octanol–water partition coefficient (Wildman–Crippen LogP) is 2.12. The van der Waals surface area contributed by atoms with Gasteiger partial charge in [-0.3, -0.25) is 4.98 Å². The second-order valence-corrected chi connectivity index (χ2v) is 3.64. The van der Waals surface area contributed by atoms with Crippen LogP contribution in [0.5, 0.6) is 0 Å². The molecule has 0 saturated carbocycles. The number of pyridine rings is 1. The fraction of sp³-hybridized carbons (Fsp3) is 0.500. The fourth-order valence-corrected chi connectivity index (χ4v) is 0.950. The number of aromatic nitrogens is 1. The largest absolute Gasteiger partial charge is 0.396 e. The average Bonchev–Trinajstić information content (AvgIpc) is 2.08. The van der Waals surface area contributed by atoms with Crippen LogP contribution in [0.15, 0.2) is 18.5 Å². The van der Waals surface area contributed by atoms with Gasteiger partial charge in [-0.15, -0.1) is 0 Å². The van der Waals surface area contributed by atoms with Gasteiger partial charge >= 0.3 is 0 Å². The minimum Gasteiger partial charge on any atom is -0.396 e. The Bertz CT molecular complexity index is 271. The van der Waals surface area contributed by atoms with Gasteiger partial charge < -0.3 is 11.1 Å². The molecule has 0 bridgehead atoms. The molecule has 1 aromatic rings. The molecule has 0 aromatic carbocycles. The monoisotopic (exact) mass is 179 g/mol. The average molecular weight is 179 g/mol. The first-order chi connectivity index (χ1) is 6.11. The van der Waals surface area contributed by atoms with Crippen molar-refractivity contribution in [3.63, 3.8) is 0 Å². The van der Waals surface area contributed by atoms with E-state index in [2.05, 4.69) is 31.1 Å². The molecular weight excluding hydrogens is 162 g/mol. The zero-order valence-electron chi connectivity index (χ0n) is 8.41. The summed E-state index contributed by atoms with van der Waals surface area (Å²) >= 11 is 0. The summed E-state index contributed by atoms with van der Waals surface area (Å²) in [6.45, 7) is 6.49. The van der Waals surface area contributed by atoms with Crippen LogP contribution in [0.1, 0.15) is 20.8 Å². The minimum atomic E-state index is 0.421. The Morgan fingerprint density at radius 1 is 1.38 bits per heavy atom. The summed E-state index contributed by atoms with van der Waals surface area (Å²) in [6, 6.07) is 2.32. The number of nitrogens with one attached hydrogen (secondary N) is 1. The zero-order valence-corrected chi connectivity index (χ0v) is 8.41. The Kier molecular flexibility index (Phi) is 3.12. The fourth-order valence-electron chi connectivity index (χ4n) is 0.950. The van der Waals surface area contributed by atoms with E-state index >= 15 is 0 Å². The maximum absolute atomic E-state index is 5.74. The molecule has 0 aliphatic carbocycles. The number of anilines is 2. The second-order valence-electron chi connectivity index (χ2n) is 3.64. The van der Waals surface area contributed by atoms with E-state index < -0.39 is 0 Å². The van der Waals surface area contributed by atoms with E-state index in [1.165, 1.54) is 0 Å². The summed E-state index contributed by atoms with van der Waals surface area (Å²) in [5.41, 5.74) is 7.42. The molecule has 1 rings (SSSR count). The van der Waals surface area contributed by atoms with Crippen molar-refractivity contribution < 1.29 is 0 Å². The Morgan fingerprint density at radius 2 is 2.08 bits per heavy atom. The molecule has 1 aromatic heterocycles. The third-order valence-corrected chi connectivity index (χ3v) is 2.24. The van der Waals surface area contributed by atoms with Gasteiger partial charge in [0.1, 0.15) is 0 Å². The van der Waals surface area contributed by atoms with Crippen molar-refractivity contribution in [2.75, 3.05) is 11.1 Å². The number of rotatable bonds is 3. The lowest BCUT2D eigenvalue weighted by Gasteiger charge is -2.19. The SMILES string of the molecule is CC(C)C(C)Nc1ccncc1N. The number of nitrogens with two attached hydrogens (primary N) is 1. The highest BCUT2D eigenvalue weighted by molar-refractivity contribution is 5.64. The first kappa shape index (κ1) is 9.84. The van der Waals surface area contributed by atoms with Crippen molar-refractivity contribution in [3.8, 4) is 0 Å². The van der Waals surface area contributed by atoms with Gasteiger partial charge in [-0.05, 0) is 18.9 Å². The topological polar surface area (TPSA) is 50.9 Å². The molecule has 13 heavy (non-hydrogen) atoms. The van der Waals surface area contributed by atoms with Crippen LogP contribution in [0.25, 0.3) is 0 Å². The standard InChI is InChI=1S/C10H17N3/c1-7(2)8(3)13-10-4-5-12-6-9(10)11/h4-8H,11H2,1-3H3,(H,12,13). The molecule has 0 aliphatic heterocycles. The van der Waals surface area contributed by atoms with Gasteiger partial charge in [-0.2, -0.15) is 0 Å². The maximum atomic E-state index is 5.74. The van der Waals surface area contributed by atoms with Crippen LogP contribution in [0.3, 0.4) is 0 Å². The van der Waals surface area contributed by atoms with Crippen LogP contribution in [0, 0.1) is 5.92 Å². The summed E-state index contributed by atoms with van der Waals surface area (Å²) in [4.78, 5) is 3.93. The number of nitrogen functional groups attached to an aromatic ring is 1. The zero-order chi connectivity index (χ0) is 9.84. The van der Waals surface area contributed by atoms with Crippen molar-refractivity contribution in [2.24, 2.45) is 5.92 Å². The molecule has 1 heterocycles. The van der Waals surface area contributed by atoms with E-state index in [9.17, 15) is 0 Å². The Morgan fingerprint density at radius 3 is 2.62 bits per heavy atom. The van der Waals surface area contributed by atoms with E-state index in [1.807, 2.05) is 6.07 Å². The molecule has 3 N–H and O–H groups in total. The van der Waals surface area contributed by atoms with Gasteiger partial charge in [0.2, 0.25) is 0 Å². The van der Waals surface area contributed by atoms with Crippen molar-refractivity contribution >= 4 is 11.4 Å². The molecule has 0 amide bonds. The van der Waals surface area contributed by atoms with Crippen LogP contribution < -0.4 is 11.1 Å². The lowest BCUT2D eigenvalue weighted by Crippen LogP contribution is -2.22. The first-order valence-electron chi connectivity index (χ1n) is 4.57. The van der Waals surface area contributed by atoms with Crippen molar-refractivity contribution in [2.45, 2.75) is 26.8 Å². The highest BCUT2D eigenvalue weighted by Crippen LogP contribution is 2.18. The molecule has 0 fully saturated rings. The first-order valence-corrected chi connectivity index (χ1v) is 4.57. The van der Waals surface area contributed by atoms with E-state index in [0.717, 1.165) is 5.69 Å². The minimum absolute atomic E-state index is 0.421. The molecule has 72 valence electrons. The van der Waals surface area contributed by atoms with E-state index in [4.69, 9.17) is 5.73 Å². The van der Waals surface area contributed by atoms with Gasteiger partial charge in [0.05, 0.1) is 17.6 Å². The third-order valence-electron chi connectivity index (χ3n) is 2.24. The third kappa shape index (κ3) is 2.61. The summed E-state index contributed by atoms with van der Waals surface area (Å²) in [6.07, 6.45) is 3.40. The lowest BCUT2D eigenvalue weighted by atomic mass is 10.1. The number of hydrogen-bond acceptors (Lipinski definition) is 3. The van der Waals surface area contributed by atoms with Crippen LogP contribution in [-0.4, -0.2) is 11.0 Å². The van der Waals surface area contributed by atoms with Gasteiger partial charge in [0.25, 0.3) is 0 Å². The summed E-state index contributed by atoms with van der Waals surface area (Å²) in [7, 11) is 0. The Labute approximate surface area is 79.4 Å². The smallest absolute Gasteiger partial charge is 0.0736 e. The van der Waals surface area contributed by atoms with E-state index in [0.29, 0.717) is 17.6 Å². The second kappa shape index (κ2) is 4.12. The maximum Gasteiger partial charge on any atom is 0.0736 e. The number of hydrogen-bond donors (Lipinski definition) is 2. The lowest BCUT2D eigenvalue weighted by molar-refractivity contribution is 0.560. The molecule has 1 unspecified atom stereocenters. The predicted molar refractivity (Wildman–Crippen MR) is 56.6 cm³/mol. The van der Waals surface area contributed by atoms with E-state index in [-0.39, 0.29) is 0 Å². The molecule has 3 heteroatoms. The number of nitrogens with zero attached hydrogens (tertiary/aromatic N) is 1. The molecule has 0 aliphatic rings. The van der Waals surface area contributed by atoms with Crippen molar-refractivity contribution in [3.05, 3.63) is 18.5 Å². The Hall–Kier alpha value is -1.25. The summed E-state index contributed by atoms with van der Waals surface area (Å²) in [5.74, 6) is 0.590. The van der Waals surface area contributed by atoms with Crippen LogP contribution >= 0.6 is 0 Å². The van der Waals surface area contributed by atoms with Crippen LogP contribution in [0.2, 0.25) is 0 Å². The molecular formula is C10H17N3. The highest BCUT2D eigenvalue weighted by Gasteiger charge is 2.07. The van der Waals surface area contributed by atoms with Gasteiger partial charge in [-0.25, -0.2) is 0 Å². The molecule has 3 nitrogen and oxygen atoms in total. The van der Waals surface area contributed by atoms with Crippen LogP contribution in [0.4, 0.5) is 11.4 Å². The van der Waals surface area contributed by atoms with Gasteiger partial charge in [-0.1, -0.05) is 13.8 Å². The molecule has 1 atom stereocenters. The normalized spacial score (nSPS) is 12.9. The van der Waals surface area contributed by atoms with E-state index in [1.54, 1.807) is 12.4 Å². The van der Waals surface area contributed by atoms with Gasteiger partial charge in [0, 0.05) is 12.2 Å². The van der Waals surface area contributed by atoms with Crippen molar-refractivity contribution in [1.29, 1.82) is 0 Å². The summed E-state index contributed by atoms with van der Waals surface area (Å²) in [5, 5.41) is 3.34.